The Kier molecular flexibility index (Phi) is 4.26. The maximum Gasteiger partial charge on any atom is 0.211 e. The maximum absolute atomic E-state index is 6.22. The van der Waals surface area contributed by atoms with Gasteiger partial charge in [-0.1, -0.05) is 50.6 Å². The Bertz CT molecular complexity index is 1070. The zero-order chi connectivity index (χ0) is 20.2. The van der Waals surface area contributed by atoms with Crippen LogP contribution in [0.5, 0.6) is 0 Å². The first-order valence-electron chi connectivity index (χ1n) is 9.96. The van der Waals surface area contributed by atoms with Gasteiger partial charge >= 0.3 is 0 Å². The minimum Gasteiger partial charge on any atom is -0.444 e. The lowest BCUT2D eigenvalue weighted by Gasteiger charge is -2.29. The Balaban J connectivity index is 2.01. The summed E-state index contributed by atoms with van der Waals surface area (Å²) in [5, 5.41) is 0. The molecule has 1 aliphatic heterocycles. The molecule has 0 saturated carbocycles. The van der Waals surface area contributed by atoms with Crippen LogP contribution in [0.2, 0.25) is 0 Å². The molecule has 4 rings (SSSR count). The van der Waals surface area contributed by atoms with Gasteiger partial charge in [-0.25, -0.2) is 0 Å². The minimum atomic E-state index is 0.121. The molecule has 0 fully saturated rings. The van der Waals surface area contributed by atoms with Gasteiger partial charge in [0.25, 0.3) is 0 Å². The fourth-order valence-electron chi connectivity index (χ4n) is 4.08. The van der Waals surface area contributed by atoms with E-state index in [9.17, 15) is 0 Å². The lowest BCUT2D eigenvalue weighted by atomic mass is 9.84. The van der Waals surface area contributed by atoms with Crippen molar-refractivity contribution in [2.24, 2.45) is 0 Å². The molecule has 0 amide bonds. The standard InChI is InChI=1S/C26H29NO/c1-16-8-11-23-20(12-16)9-10-21-15-19(4)28-25(21)27(23)24-17(2)13-22(14-18(24)3)26(5,6)7/h8-15H,1-7H3. The van der Waals surface area contributed by atoms with E-state index in [2.05, 4.69) is 95.0 Å². The molecular formula is C26H29NO. The van der Waals surface area contributed by atoms with Gasteiger partial charge in [0.15, 0.2) is 0 Å². The maximum atomic E-state index is 6.22. The highest BCUT2D eigenvalue weighted by molar-refractivity contribution is 5.93. The summed E-state index contributed by atoms with van der Waals surface area (Å²) in [6, 6.07) is 13.4. The van der Waals surface area contributed by atoms with Gasteiger partial charge in [0.2, 0.25) is 5.88 Å². The first-order valence-corrected chi connectivity index (χ1v) is 9.96. The Morgan fingerprint density at radius 1 is 0.786 bits per heavy atom. The second-order valence-corrected chi connectivity index (χ2v) is 9.06. The Morgan fingerprint density at radius 3 is 2.07 bits per heavy atom. The van der Waals surface area contributed by atoms with Crippen LogP contribution in [0.15, 0.2) is 40.8 Å². The van der Waals surface area contributed by atoms with Crippen molar-refractivity contribution < 1.29 is 4.42 Å². The molecule has 0 N–H and O–H groups in total. The van der Waals surface area contributed by atoms with Gasteiger partial charge < -0.3 is 4.42 Å². The summed E-state index contributed by atoms with van der Waals surface area (Å²) in [5.74, 6) is 1.82. The van der Waals surface area contributed by atoms with Crippen molar-refractivity contribution in [3.63, 3.8) is 0 Å². The predicted octanol–water partition coefficient (Wildman–Crippen LogP) is 7.76. The molecule has 144 valence electrons. The highest BCUT2D eigenvalue weighted by Crippen LogP contribution is 2.46. The van der Waals surface area contributed by atoms with E-state index in [-0.39, 0.29) is 5.41 Å². The highest BCUT2D eigenvalue weighted by atomic mass is 16.4. The Labute approximate surface area is 168 Å². The summed E-state index contributed by atoms with van der Waals surface area (Å²) in [6.45, 7) is 15.4. The molecule has 28 heavy (non-hydrogen) atoms. The summed E-state index contributed by atoms with van der Waals surface area (Å²) in [6.07, 6.45) is 4.36. The van der Waals surface area contributed by atoms with Crippen LogP contribution in [-0.4, -0.2) is 0 Å². The second kappa shape index (κ2) is 6.41. The van der Waals surface area contributed by atoms with Crippen molar-refractivity contribution in [2.75, 3.05) is 4.90 Å². The first kappa shape index (κ1) is 18.6. The fourth-order valence-corrected chi connectivity index (χ4v) is 4.08. The molecule has 3 aromatic rings. The Hall–Kier alpha value is -2.74. The normalized spacial score (nSPS) is 13.3. The number of fused-ring (bicyclic) bond motifs is 2. The molecule has 0 unspecified atom stereocenters. The summed E-state index contributed by atoms with van der Waals surface area (Å²) >= 11 is 0. The SMILES string of the molecule is Cc1ccc2c(c1)C=Cc1cc(C)oc1N2c1c(C)cc(C(C)(C)C)cc1C. The topological polar surface area (TPSA) is 16.4 Å². The minimum absolute atomic E-state index is 0.121. The molecule has 1 aromatic heterocycles. The van der Waals surface area contributed by atoms with E-state index in [0.717, 1.165) is 22.9 Å². The van der Waals surface area contributed by atoms with Gasteiger partial charge in [-0.05, 0) is 79.6 Å². The zero-order valence-corrected chi connectivity index (χ0v) is 18.0. The lowest BCUT2D eigenvalue weighted by Crippen LogP contribution is -2.16. The van der Waals surface area contributed by atoms with E-state index in [1.165, 1.54) is 33.5 Å². The summed E-state index contributed by atoms with van der Waals surface area (Å²) in [7, 11) is 0. The molecule has 1 aliphatic rings. The van der Waals surface area contributed by atoms with Gasteiger partial charge in [-0.15, -0.1) is 0 Å². The molecule has 0 aliphatic carbocycles. The molecule has 2 heterocycles. The zero-order valence-electron chi connectivity index (χ0n) is 18.0. The number of rotatable bonds is 1. The van der Waals surface area contributed by atoms with Crippen molar-refractivity contribution in [1.82, 2.24) is 0 Å². The van der Waals surface area contributed by atoms with Crippen molar-refractivity contribution in [2.45, 2.75) is 53.9 Å². The third kappa shape index (κ3) is 3.07. The van der Waals surface area contributed by atoms with Crippen LogP contribution in [0.4, 0.5) is 17.3 Å². The van der Waals surface area contributed by atoms with Gasteiger partial charge in [-0.2, -0.15) is 0 Å². The van der Waals surface area contributed by atoms with Crippen LogP contribution in [-0.2, 0) is 5.41 Å². The predicted molar refractivity (Wildman–Crippen MR) is 120 cm³/mol. The van der Waals surface area contributed by atoms with Gasteiger partial charge in [0, 0.05) is 5.56 Å². The number of aryl methyl sites for hydroxylation is 4. The van der Waals surface area contributed by atoms with Crippen molar-refractivity contribution >= 4 is 29.4 Å². The second-order valence-electron chi connectivity index (χ2n) is 9.06. The average Bonchev–Trinajstić information content (AvgIpc) is 2.90. The number of nitrogens with zero attached hydrogens (tertiary/aromatic N) is 1. The van der Waals surface area contributed by atoms with Crippen molar-refractivity contribution in [3.8, 4) is 0 Å². The monoisotopic (exact) mass is 371 g/mol. The number of anilines is 3. The van der Waals surface area contributed by atoms with E-state index in [1.807, 2.05) is 6.92 Å². The molecule has 2 heteroatoms. The van der Waals surface area contributed by atoms with Crippen LogP contribution in [0, 0.1) is 27.7 Å². The van der Waals surface area contributed by atoms with Gasteiger partial charge in [0.05, 0.1) is 11.4 Å². The van der Waals surface area contributed by atoms with E-state index < -0.39 is 0 Å². The third-order valence-corrected chi connectivity index (χ3v) is 5.51. The molecule has 0 saturated heterocycles. The van der Waals surface area contributed by atoms with Crippen molar-refractivity contribution in [3.05, 3.63) is 75.5 Å². The number of furan rings is 1. The molecule has 0 atom stereocenters. The van der Waals surface area contributed by atoms with E-state index in [4.69, 9.17) is 4.42 Å². The molecule has 0 spiro atoms. The highest BCUT2D eigenvalue weighted by Gasteiger charge is 2.27. The third-order valence-electron chi connectivity index (χ3n) is 5.51. The molecule has 2 nitrogen and oxygen atoms in total. The van der Waals surface area contributed by atoms with Crippen LogP contribution in [0.25, 0.3) is 12.2 Å². The van der Waals surface area contributed by atoms with E-state index in [0.29, 0.717) is 0 Å². The summed E-state index contributed by atoms with van der Waals surface area (Å²) < 4.78 is 6.22. The fraction of sp³-hybridized carbons (Fsp3) is 0.308. The van der Waals surface area contributed by atoms with Crippen LogP contribution in [0.1, 0.15) is 59.9 Å². The lowest BCUT2D eigenvalue weighted by molar-refractivity contribution is 0.541. The number of hydrogen-bond donors (Lipinski definition) is 0. The molecule has 0 radical (unpaired) electrons. The van der Waals surface area contributed by atoms with Crippen LogP contribution in [0.3, 0.4) is 0 Å². The molecule has 0 bridgehead atoms. The Morgan fingerprint density at radius 2 is 1.43 bits per heavy atom. The summed E-state index contributed by atoms with van der Waals surface area (Å²) in [4.78, 5) is 2.30. The van der Waals surface area contributed by atoms with Gasteiger partial charge in [-0.3, -0.25) is 4.90 Å². The largest absolute Gasteiger partial charge is 0.444 e. The van der Waals surface area contributed by atoms with Crippen LogP contribution < -0.4 is 4.90 Å². The van der Waals surface area contributed by atoms with Crippen LogP contribution >= 0.6 is 0 Å². The molecule has 2 aromatic carbocycles. The quantitative estimate of drug-likeness (QED) is 0.340. The van der Waals surface area contributed by atoms with E-state index >= 15 is 0 Å². The van der Waals surface area contributed by atoms with Crippen molar-refractivity contribution in [1.29, 1.82) is 0 Å². The first-order chi connectivity index (χ1) is 13.1. The number of benzene rings is 2. The van der Waals surface area contributed by atoms with Gasteiger partial charge in [0.1, 0.15) is 5.76 Å². The van der Waals surface area contributed by atoms with E-state index in [1.54, 1.807) is 0 Å². The number of hydrogen-bond acceptors (Lipinski definition) is 2. The average molecular weight is 372 g/mol. The smallest absolute Gasteiger partial charge is 0.211 e. The molecular weight excluding hydrogens is 342 g/mol. The summed E-state index contributed by atoms with van der Waals surface area (Å²) in [5.41, 5.74) is 9.95.